The highest BCUT2D eigenvalue weighted by Gasteiger charge is 2.18. The van der Waals surface area contributed by atoms with Gasteiger partial charge < -0.3 is 0 Å². The van der Waals surface area contributed by atoms with Crippen molar-refractivity contribution in [1.29, 1.82) is 5.26 Å². The highest BCUT2D eigenvalue weighted by molar-refractivity contribution is 14.2. The molecule has 1 heterocycles. The first kappa shape index (κ1) is 20.4. The molecule has 124 valence electrons. The summed E-state index contributed by atoms with van der Waals surface area (Å²) < 4.78 is 5.16. The number of nitrogens with zero attached hydrogens (tertiary/aromatic N) is 2. The third-order valence-corrected chi connectivity index (χ3v) is 5.44. The summed E-state index contributed by atoms with van der Waals surface area (Å²) in [6.07, 6.45) is 8.61. The molecule has 1 N–H and O–H groups in total. The Morgan fingerprint density at radius 2 is 2.30 bits per heavy atom. The average Bonchev–Trinajstić information content (AvgIpc) is 2.86. The van der Waals surface area contributed by atoms with E-state index in [9.17, 15) is 4.79 Å². The maximum Gasteiger partial charge on any atom is 0.220 e. The van der Waals surface area contributed by atoms with Gasteiger partial charge in [-0.15, -0.1) is 0 Å². The number of Topliss-reactive ketones (excluding diaryl/α,β-unsaturated/α-hetero) is 1. The van der Waals surface area contributed by atoms with Crippen LogP contribution in [0.3, 0.4) is 0 Å². The SMILES string of the molecule is C/C=C(\C#N)C(=O)c1cc(=C/CC)/c(=C\C(C)NSC)n1SI. The molecule has 1 unspecified atom stereocenters. The van der Waals surface area contributed by atoms with Crippen LogP contribution in [0.4, 0.5) is 0 Å². The molecule has 0 radical (unpaired) electrons. The first-order chi connectivity index (χ1) is 11.0. The van der Waals surface area contributed by atoms with E-state index in [0.717, 1.165) is 17.0 Å². The van der Waals surface area contributed by atoms with Gasteiger partial charge in [-0.1, -0.05) is 31.0 Å². The van der Waals surface area contributed by atoms with Crippen molar-refractivity contribution in [2.75, 3.05) is 6.26 Å². The van der Waals surface area contributed by atoms with Crippen molar-refractivity contribution < 1.29 is 4.79 Å². The second kappa shape index (κ2) is 10.2. The second-order valence-corrected chi connectivity index (χ2v) is 7.10. The van der Waals surface area contributed by atoms with E-state index in [1.54, 1.807) is 24.9 Å². The molecule has 0 amide bonds. The first-order valence-corrected chi connectivity index (χ1v) is 11.7. The maximum atomic E-state index is 12.6. The molecule has 0 fully saturated rings. The van der Waals surface area contributed by atoms with E-state index in [1.807, 2.05) is 22.4 Å². The van der Waals surface area contributed by atoms with Crippen LogP contribution in [0.5, 0.6) is 0 Å². The van der Waals surface area contributed by atoms with Gasteiger partial charge in [0.25, 0.3) is 0 Å². The molecule has 0 spiro atoms. The molecule has 1 aromatic heterocycles. The van der Waals surface area contributed by atoms with Crippen LogP contribution in [0.1, 0.15) is 37.7 Å². The van der Waals surface area contributed by atoms with E-state index in [-0.39, 0.29) is 17.4 Å². The summed E-state index contributed by atoms with van der Waals surface area (Å²) in [4.78, 5) is 12.6. The van der Waals surface area contributed by atoms with Crippen molar-refractivity contribution in [3.8, 4) is 6.07 Å². The van der Waals surface area contributed by atoms with Gasteiger partial charge in [-0.2, -0.15) is 5.26 Å². The molecular formula is C16H20IN3OS2. The van der Waals surface area contributed by atoms with Crippen LogP contribution < -0.4 is 15.3 Å². The minimum Gasteiger partial charge on any atom is -0.286 e. The van der Waals surface area contributed by atoms with Crippen LogP contribution in [0, 0.1) is 11.3 Å². The molecule has 1 rings (SSSR count). The van der Waals surface area contributed by atoms with E-state index >= 15 is 0 Å². The Labute approximate surface area is 157 Å². The Hall–Kier alpha value is -0.690. The standard InChI is InChI=1S/C16H20IN3OS2/c1-5-7-13-9-15(16(21)12(6-2)10-18)20(23-17)14(13)8-11(3)19-22-4/h6-9,11,19H,5H2,1-4H3/b12-6+,13-7-,14-8+. The van der Waals surface area contributed by atoms with E-state index in [1.165, 1.54) is 9.12 Å². The van der Waals surface area contributed by atoms with Gasteiger partial charge in [-0.3, -0.25) is 13.5 Å². The average molecular weight is 461 g/mol. The molecule has 0 aliphatic heterocycles. The van der Waals surface area contributed by atoms with Gasteiger partial charge in [0.05, 0.1) is 10.9 Å². The molecule has 0 bridgehead atoms. The molecular weight excluding hydrogens is 441 g/mol. The summed E-state index contributed by atoms with van der Waals surface area (Å²) >= 11 is 3.72. The molecule has 7 heteroatoms. The molecule has 4 nitrogen and oxygen atoms in total. The van der Waals surface area contributed by atoms with Crippen molar-refractivity contribution in [2.45, 2.75) is 33.2 Å². The Balaban J connectivity index is 3.62. The summed E-state index contributed by atoms with van der Waals surface area (Å²) in [5, 5.41) is 11.1. The summed E-state index contributed by atoms with van der Waals surface area (Å²) in [6.45, 7) is 5.84. The fraction of sp³-hybridized carbons (Fsp3) is 0.375. The Bertz CT molecular complexity index is 747. The monoisotopic (exact) mass is 461 g/mol. The lowest BCUT2D eigenvalue weighted by molar-refractivity contribution is 0.103. The predicted molar refractivity (Wildman–Crippen MR) is 110 cm³/mol. The highest BCUT2D eigenvalue weighted by atomic mass is 127. The Morgan fingerprint density at radius 1 is 1.61 bits per heavy atom. The summed E-state index contributed by atoms with van der Waals surface area (Å²) in [5.41, 5.74) is 0.695. The summed E-state index contributed by atoms with van der Waals surface area (Å²) in [7, 11) is 1.44. The smallest absolute Gasteiger partial charge is 0.220 e. The van der Waals surface area contributed by atoms with Crippen LogP contribution in [0.25, 0.3) is 12.2 Å². The minimum atomic E-state index is -0.241. The molecule has 23 heavy (non-hydrogen) atoms. The Kier molecular flexibility index (Phi) is 9.06. The zero-order valence-electron chi connectivity index (χ0n) is 13.6. The molecule has 1 atom stereocenters. The summed E-state index contributed by atoms with van der Waals surface area (Å²) in [6, 6.07) is 4.00. The second-order valence-electron chi connectivity index (χ2n) is 4.77. The van der Waals surface area contributed by atoms with Crippen molar-refractivity contribution >= 4 is 60.2 Å². The third kappa shape index (κ3) is 5.14. The number of nitriles is 1. The molecule has 0 aliphatic rings. The van der Waals surface area contributed by atoms with Crippen LogP contribution in [-0.4, -0.2) is 22.1 Å². The molecule has 0 saturated heterocycles. The van der Waals surface area contributed by atoms with Gasteiger partial charge >= 0.3 is 0 Å². The van der Waals surface area contributed by atoms with Crippen LogP contribution in [-0.2, 0) is 0 Å². The zero-order valence-corrected chi connectivity index (χ0v) is 17.4. The number of carbonyl (C=O) groups is 1. The van der Waals surface area contributed by atoms with Crippen molar-refractivity contribution in [1.82, 2.24) is 8.69 Å². The lowest BCUT2D eigenvalue weighted by Crippen LogP contribution is -2.31. The van der Waals surface area contributed by atoms with Crippen molar-refractivity contribution in [2.24, 2.45) is 0 Å². The molecule has 0 aliphatic carbocycles. The largest absolute Gasteiger partial charge is 0.286 e. The number of aromatic nitrogens is 1. The van der Waals surface area contributed by atoms with Gasteiger partial charge in [0.1, 0.15) is 11.8 Å². The van der Waals surface area contributed by atoms with E-state index < -0.39 is 0 Å². The van der Waals surface area contributed by atoms with Crippen LogP contribution in [0.2, 0.25) is 0 Å². The van der Waals surface area contributed by atoms with Gasteiger partial charge in [0.2, 0.25) is 5.78 Å². The molecule has 0 saturated carbocycles. The van der Waals surface area contributed by atoms with E-state index in [0.29, 0.717) is 5.69 Å². The van der Waals surface area contributed by atoms with E-state index in [2.05, 4.69) is 51.9 Å². The Morgan fingerprint density at radius 3 is 2.78 bits per heavy atom. The number of nitrogens with one attached hydrogen (secondary N) is 1. The fourth-order valence-corrected chi connectivity index (χ4v) is 4.31. The zero-order chi connectivity index (χ0) is 17.4. The highest BCUT2D eigenvalue weighted by Crippen LogP contribution is 2.17. The molecule has 1 aromatic rings. The van der Waals surface area contributed by atoms with Gasteiger partial charge in [0.15, 0.2) is 0 Å². The third-order valence-electron chi connectivity index (χ3n) is 3.12. The van der Waals surface area contributed by atoms with Crippen LogP contribution >= 0.6 is 42.3 Å². The fourth-order valence-electron chi connectivity index (χ4n) is 2.15. The van der Waals surface area contributed by atoms with Crippen molar-refractivity contribution in [3.63, 3.8) is 0 Å². The number of allylic oxidation sites excluding steroid dienone is 2. The summed E-state index contributed by atoms with van der Waals surface area (Å²) in [5.74, 6) is -0.241. The van der Waals surface area contributed by atoms with E-state index in [4.69, 9.17) is 5.26 Å². The quantitative estimate of drug-likeness (QED) is 0.222. The normalized spacial score (nSPS) is 14.9. The topological polar surface area (TPSA) is 57.8 Å². The minimum absolute atomic E-state index is 0.159. The number of halogens is 1. The predicted octanol–water partition coefficient (Wildman–Crippen LogP) is 3.21. The van der Waals surface area contributed by atoms with Gasteiger partial charge in [-0.05, 0) is 43.9 Å². The number of hydrogen-bond donors (Lipinski definition) is 1. The van der Waals surface area contributed by atoms with Gasteiger partial charge in [-0.25, -0.2) is 0 Å². The number of carbonyl (C=O) groups excluding carboxylic acids is 1. The number of ketones is 1. The lowest BCUT2D eigenvalue weighted by Gasteiger charge is -2.07. The lowest BCUT2D eigenvalue weighted by atomic mass is 10.1. The first-order valence-electron chi connectivity index (χ1n) is 7.16. The number of rotatable bonds is 7. The van der Waals surface area contributed by atoms with Crippen molar-refractivity contribution in [3.05, 3.63) is 34.0 Å². The molecule has 0 aromatic carbocycles. The van der Waals surface area contributed by atoms with Crippen LogP contribution in [0.15, 0.2) is 17.7 Å². The maximum absolute atomic E-state index is 12.6. The van der Waals surface area contributed by atoms with Gasteiger partial charge in [0, 0.05) is 36.4 Å². The number of hydrogen-bond acceptors (Lipinski definition) is 5.